The van der Waals surface area contributed by atoms with Gasteiger partial charge >= 0.3 is 0 Å². The number of amides is 1. The number of likely N-dealkylation sites (tertiary alicyclic amines) is 1. The summed E-state index contributed by atoms with van der Waals surface area (Å²) >= 11 is 0. The number of aliphatic hydroxyl groups is 1. The van der Waals surface area contributed by atoms with Crippen LogP contribution in [0.15, 0.2) is 54.1 Å². The van der Waals surface area contributed by atoms with E-state index in [-0.39, 0.29) is 11.3 Å². The number of benzene rings is 2. The Morgan fingerprint density at radius 1 is 1.08 bits per heavy atom. The number of carbonyl (C=O) groups is 2. The first kappa shape index (κ1) is 25.5. The topological polar surface area (TPSA) is 85.9 Å². The number of nitrogens with one attached hydrogen (secondary N) is 1. The van der Waals surface area contributed by atoms with Gasteiger partial charge in [0.05, 0.1) is 18.2 Å². The summed E-state index contributed by atoms with van der Waals surface area (Å²) in [6.45, 7) is 5.67. The molecule has 7 heteroatoms. The average Bonchev–Trinajstić information content (AvgIpc) is 3.32. The van der Waals surface area contributed by atoms with Gasteiger partial charge in [0.2, 0.25) is 0 Å². The molecule has 1 unspecified atom stereocenters. The summed E-state index contributed by atoms with van der Waals surface area (Å²) in [5.74, 6) is -0.726. The van der Waals surface area contributed by atoms with Crippen LogP contribution in [0.1, 0.15) is 49.0 Å². The van der Waals surface area contributed by atoms with Gasteiger partial charge in [-0.15, -0.1) is 0 Å². The molecule has 3 aromatic rings. The second-order valence-corrected chi connectivity index (χ2v) is 9.58. The van der Waals surface area contributed by atoms with Gasteiger partial charge in [-0.1, -0.05) is 38.0 Å². The number of likely N-dealkylation sites (N-methyl/N-ethyl adjacent to an activating group) is 1. The quantitative estimate of drug-likeness (QED) is 0.181. The number of hydrogen-bond acceptors (Lipinski definition) is 5. The third-order valence-corrected chi connectivity index (χ3v) is 6.69. The fraction of sp³-hybridized carbons (Fsp3) is 0.379. The number of unbranched alkanes of at least 4 members (excludes halogenated alkanes) is 2. The van der Waals surface area contributed by atoms with Crippen molar-refractivity contribution >= 4 is 28.4 Å². The maximum Gasteiger partial charge on any atom is 0.295 e. The smallest absolute Gasteiger partial charge is 0.295 e. The van der Waals surface area contributed by atoms with E-state index in [0.717, 1.165) is 41.4 Å². The Bertz CT molecular complexity index is 1270. The highest BCUT2D eigenvalue weighted by Crippen LogP contribution is 2.43. The van der Waals surface area contributed by atoms with Crippen LogP contribution in [0.2, 0.25) is 0 Å². The minimum atomic E-state index is -0.689. The second kappa shape index (κ2) is 11.0. The lowest BCUT2D eigenvalue weighted by Gasteiger charge is -2.27. The maximum atomic E-state index is 13.3. The molecular formula is C29H35N3O4. The normalized spacial score (nSPS) is 17.5. The Kier molecular flexibility index (Phi) is 7.79. The highest BCUT2D eigenvalue weighted by atomic mass is 16.5. The Morgan fingerprint density at radius 3 is 2.50 bits per heavy atom. The van der Waals surface area contributed by atoms with Gasteiger partial charge in [0.1, 0.15) is 11.5 Å². The fourth-order valence-corrected chi connectivity index (χ4v) is 4.78. The molecule has 1 fully saturated rings. The van der Waals surface area contributed by atoms with Gasteiger partial charge in [0, 0.05) is 40.8 Å². The summed E-state index contributed by atoms with van der Waals surface area (Å²) in [6.07, 6.45) is 3.22. The number of nitrogens with zero attached hydrogens (tertiary/aromatic N) is 2. The molecule has 1 aliphatic heterocycles. The standard InChI is InChI=1S/C29H35N3O4/c1-5-6-9-18-36-21-14-12-20(13-15-21)27(33)25-26(32(17-16-31(3)4)29(35)28(25)34)24-19(2)30-23-11-8-7-10-22(23)24/h7-8,10-15,26,30,33H,5-6,9,16-18H2,1-4H3/b27-25+. The van der Waals surface area contributed by atoms with Crippen LogP contribution in [0.3, 0.4) is 0 Å². The minimum Gasteiger partial charge on any atom is -0.507 e. The van der Waals surface area contributed by atoms with Gasteiger partial charge in [-0.25, -0.2) is 0 Å². The molecule has 1 amide bonds. The van der Waals surface area contributed by atoms with Crippen LogP contribution in [0.4, 0.5) is 0 Å². The maximum absolute atomic E-state index is 13.3. The predicted molar refractivity (Wildman–Crippen MR) is 142 cm³/mol. The highest BCUT2D eigenvalue weighted by molar-refractivity contribution is 6.46. The van der Waals surface area contributed by atoms with Crippen molar-refractivity contribution in [2.45, 2.75) is 39.2 Å². The molecule has 0 bridgehead atoms. The lowest BCUT2D eigenvalue weighted by Crippen LogP contribution is -2.35. The summed E-state index contributed by atoms with van der Waals surface area (Å²) < 4.78 is 5.79. The molecule has 2 heterocycles. The monoisotopic (exact) mass is 489 g/mol. The molecule has 1 atom stereocenters. The van der Waals surface area contributed by atoms with Crippen LogP contribution in [0, 0.1) is 6.92 Å². The van der Waals surface area contributed by atoms with Crippen molar-refractivity contribution < 1.29 is 19.4 Å². The summed E-state index contributed by atoms with van der Waals surface area (Å²) in [7, 11) is 3.85. The largest absolute Gasteiger partial charge is 0.507 e. The van der Waals surface area contributed by atoms with Crippen molar-refractivity contribution in [2.75, 3.05) is 33.8 Å². The molecule has 0 spiro atoms. The van der Waals surface area contributed by atoms with Crippen LogP contribution in [-0.2, 0) is 9.59 Å². The van der Waals surface area contributed by atoms with E-state index < -0.39 is 17.7 Å². The number of para-hydroxylation sites is 1. The van der Waals surface area contributed by atoms with E-state index in [4.69, 9.17) is 4.74 Å². The van der Waals surface area contributed by atoms with Gasteiger partial charge in [0.15, 0.2) is 0 Å². The van der Waals surface area contributed by atoms with Crippen molar-refractivity contribution in [3.05, 3.63) is 70.9 Å². The summed E-state index contributed by atoms with van der Waals surface area (Å²) in [5, 5.41) is 12.3. The molecule has 36 heavy (non-hydrogen) atoms. The lowest BCUT2D eigenvalue weighted by molar-refractivity contribution is -0.140. The molecule has 190 valence electrons. The first-order valence-electron chi connectivity index (χ1n) is 12.6. The number of aliphatic hydroxyl groups excluding tert-OH is 1. The van der Waals surface area contributed by atoms with Crippen molar-refractivity contribution in [1.82, 2.24) is 14.8 Å². The van der Waals surface area contributed by atoms with E-state index in [0.29, 0.717) is 31.0 Å². The molecule has 0 saturated carbocycles. The molecule has 4 rings (SSSR count). The average molecular weight is 490 g/mol. The van der Waals surface area contributed by atoms with Crippen molar-refractivity contribution in [3.8, 4) is 5.75 Å². The molecular weight excluding hydrogens is 454 g/mol. The van der Waals surface area contributed by atoms with Gasteiger partial charge < -0.3 is 24.6 Å². The number of Topliss-reactive ketones (excluding diaryl/α,β-unsaturated/α-hetero) is 1. The Balaban J connectivity index is 1.77. The number of hydrogen-bond donors (Lipinski definition) is 2. The first-order valence-corrected chi connectivity index (χ1v) is 12.6. The number of fused-ring (bicyclic) bond motifs is 1. The molecule has 1 aromatic heterocycles. The van der Waals surface area contributed by atoms with Gasteiger partial charge in [-0.2, -0.15) is 0 Å². The third kappa shape index (κ3) is 5.02. The van der Waals surface area contributed by atoms with E-state index in [1.54, 1.807) is 29.2 Å². The number of rotatable bonds is 10. The van der Waals surface area contributed by atoms with Gasteiger partial charge in [-0.3, -0.25) is 9.59 Å². The molecule has 2 N–H and O–H groups in total. The molecule has 0 aliphatic carbocycles. The van der Waals surface area contributed by atoms with Crippen LogP contribution >= 0.6 is 0 Å². The summed E-state index contributed by atoms with van der Waals surface area (Å²) in [6, 6.07) is 14.2. The summed E-state index contributed by atoms with van der Waals surface area (Å²) in [4.78, 5) is 33.5. The second-order valence-electron chi connectivity index (χ2n) is 9.58. The molecule has 2 aromatic carbocycles. The number of aryl methyl sites for hydroxylation is 1. The van der Waals surface area contributed by atoms with E-state index >= 15 is 0 Å². The van der Waals surface area contributed by atoms with Crippen molar-refractivity contribution in [3.63, 3.8) is 0 Å². The number of carbonyl (C=O) groups excluding carboxylic acids is 2. The minimum absolute atomic E-state index is 0.114. The van der Waals surface area contributed by atoms with Crippen LogP contribution in [0.5, 0.6) is 5.75 Å². The van der Waals surface area contributed by atoms with Crippen molar-refractivity contribution in [2.24, 2.45) is 0 Å². The number of ketones is 1. The Labute approximate surface area is 212 Å². The zero-order chi connectivity index (χ0) is 25.8. The predicted octanol–water partition coefficient (Wildman–Crippen LogP) is 5.03. The number of aromatic nitrogens is 1. The van der Waals surface area contributed by atoms with E-state index in [1.807, 2.05) is 50.2 Å². The molecule has 0 radical (unpaired) electrons. The number of H-pyrrole nitrogens is 1. The zero-order valence-electron chi connectivity index (χ0n) is 21.5. The van der Waals surface area contributed by atoms with Crippen molar-refractivity contribution in [1.29, 1.82) is 0 Å². The van der Waals surface area contributed by atoms with Crippen LogP contribution < -0.4 is 4.74 Å². The van der Waals surface area contributed by atoms with Gasteiger partial charge in [-0.05, 0) is 57.8 Å². The molecule has 7 nitrogen and oxygen atoms in total. The summed E-state index contributed by atoms with van der Waals surface area (Å²) in [5.41, 5.74) is 3.21. The third-order valence-electron chi connectivity index (χ3n) is 6.69. The highest BCUT2D eigenvalue weighted by Gasteiger charge is 2.47. The van der Waals surface area contributed by atoms with E-state index in [2.05, 4.69) is 11.9 Å². The van der Waals surface area contributed by atoms with Crippen LogP contribution in [0.25, 0.3) is 16.7 Å². The molecule has 1 aliphatic rings. The fourth-order valence-electron chi connectivity index (χ4n) is 4.78. The van der Waals surface area contributed by atoms with Crippen LogP contribution in [-0.4, -0.2) is 65.4 Å². The first-order chi connectivity index (χ1) is 17.3. The zero-order valence-corrected chi connectivity index (χ0v) is 21.5. The SMILES string of the molecule is CCCCCOc1ccc(/C(O)=C2\C(=O)C(=O)N(CCN(C)C)C2c2c(C)[nH]c3ccccc23)cc1. The molecule has 1 saturated heterocycles. The van der Waals surface area contributed by atoms with E-state index in [9.17, 15) is 14.7 Å². The number of aromatic amines is 1. The number of ether oxygens (including phenoxy) is 1. The van der Waals surface area contributed by atoms with E-state index in [1.165, 1.54) is 0 Å². The lowest BCUT2D eigenvalue weighted by atomic mass is 9.93. The van der Waals surface area contributed by atoms with Gasteiger partial charge in [0.25, 0.3) is 11.7 Å². The Hall–Kier alpha value is -3.58. The Morgan fingerprint density at radius 2 is 1.81 bits per heavy atom.